The highest BCUT2D eigenvalue weighted by molar-refractivity contribution is 6.04. The second-order valence-corrected chi connectivity index (χ2v) is 6.16. The van der Waals surface area contributed by atoms with Crippen molar-refractivity contribution < 1.29 is 14.7 Å². The van der Waals surface area contributed by atoms with Crippen LogP contribution in [0.2, 0.25) is 0 Å². The van der Waals surface area contributed by atoms with E-state index in [1.54, 1.807) is 30.5 Å². The number of aliphatic carboxylic acids is 1. The van der Waals surface area contributed by atoms with Crippen LogP contribution < -0.4 is 5.32 Å². The fraction of sp³-hybridized carbons (Fsp3) is 0.389. The molecule has 0 fully saturated rings. The number of hydrogen-bond acceptors (Lipinski definition) is 3. The predicted octanol–water partition coefficient (Wildman–Crippen LogP) is 2.98. The molecule has 0 saturated carbocycles. The van der Waals surface area contributed by atoms with Crippen molar-refractivity contribution in [2.24, 2.45) is 5.92 Å². The number of carboxylic acid groups (broad SMARTS) is 1. The van der Waals surface area contributed by atoms with Gasteiger partial charge in [-0.05, 0) is 30.0 Å². The van der Waals surface area contributed by atoms with Crippen molar-refractivity contribution >= 4 is 17.6 Å². The van der Waals surface area contributed by atoms with Gasteiger partial charge in [0.05, 0.1) is 23.9 Å². The van der Waals surface area contributed by atoms with E-state index in [0.29, 0.717) is 22.7 Å². The zero-order valence-electron chi connectivity index (χ0n) is 14.2. The van der Waals surface area contributed by atoms with E-state index in [0.717, 1.165) is 18.7 Å². The quantitative estimate of drug-likeness (QED) is 0.818. The Morgan fingerprint density at radius 1 is 1.25 bits per heavy atom. The molecular weight excluding hydrogens is 306 g/mol. The van der Waals surface area contributed by atoms with Crippen LogP contribution >= 0.6 is 0 Å². The molecule has 2 aromatic rings. The van der Waals surface area contributed by atoms with Crippen molar-refractivity contribution in [3.05, 3.63) is 47.3 Å². The van der Waals surface area contributed by atoms with Gasteiger partial charge in [-0.2, -0.15) is 5.10 Å². The molecule has 6 nitrogen and oxygen atoms in total. The lowest BCUT2D eigenvalue weighted by Gasteiger charge is -2.10. The summed E-state index contributed by atoms with van der Waals surface area (Å²) in [5.41, 5.74) is 2.82. The molecule has 0 saturated heterocycles. The van der Waals surface area contributed by atoms with E-state index in [2.05, 4.69) is 24.3 Å². The lowest BCUT2D eigenvalue weighted by Crippen LogP contribution is -2.15. The molecule has 2 N–H and O–H groups in total. The van der Waals surface area contributed by atoms with Crippen molar-refractivity contribution in [1.29, 1.82) is 0 Å². The van der Waals surface area contributed by atoms with Gasteiger partial charge in [0.2, 0.25) is 0 Å². The third-order valence-corrected chi connectivity index (χ3v) is 3.63. The molecule has 0 spiro atoms. The Hall–Kier alpha value is -2.63. The van der Waals surface area contributed by atoms with Crippen LogP contribution in [0.1, 0.15) is 42.4 Å². The van der Waals surface area contributed by atoms with Crippen molar-refractivity contribution in [1.82, 2.24) is 9.78 Å². The maximum absolute atomic E-state index is 12.5. The van der Waals surface area contributed by atoms with Crippen LogP contribution in [-0.4, -0.2) is 26.8 Å². The number of carbonyl (C=O) groups excluding carboxylic acids is 1. The normalized spacial score (nSPS) is 10.8. The SMILES string of the molecule is CCc1c(C(=O)Nc2ccc(CC(=O)O)cc2)cnn1CC(C)C. The summed E-state index contributed by atoms with van der Waals surface area (Å²) >= 11 is 0. The fourth-order valence-corrected chi connectivity index (χ4v) is 2.56. The van der Waals surface area contributed by atoms with Gasteiger partial charge in [0, 0.05) is 12.2 Å². The van der Waals surface area contributed by atoms with Gasteiger partial charge in [-0.3, -0.25) is 14.3 Å². The first kappa shape index (κ1) is 17.7. The first-order valence-electron chi connectivity index (χ1n) is 8.07. The molecule has 128 valence electrons. The van der Waals surface area contributed by atoms with Crippen LogP contribution in [0.4, 0.5) is 5.69 Å². The highest BCUT2D eigenvalue weighted by atomic mass is 16.4. The Bertz CT molecular complexity index is 718. The first-order valence-corrected chi connectivity index (χ1v) is 8.07. The number of hydrogen-bond donors (Lipinski definition) is 2. The van der Waals surface area contributed by atoms with Gasteiger partial charge in [0.15, 0.2) is 0 Å². The Labute approximate surface area is 141 Å². The molecule has 24 heavy (non-hydrogen) atoms. The molecule has 0 bridgehead atoms. The summed E-state index contributed by atoms with van der Waals surface area (Å²) in [6, 6.07) is 6.82. The third-order valence-electron chi connectivity index (χ3n) is 3.63. The first-order chi connectivity index (χ1) is 11.4. The number of rotatable bonds is 7. The third kappa shape index (κ3) is 4.44. The number of benzene rings is 1. The Kier molecular flexibility index (Phi) is 5.73. The predicted molar refractivity (Wildman–Crippen MR) is 92.2 cm³/mol. The van der Waals surface area contributed by atoms with E-state index in [1.165, 1.54) is 0 Å². The summed E-state index contributed by atoms with van der Waals surface area (Å²) < 4.78 is 1.88. The standard InChI is InChI=1S/C18H23N3O3/c1-4-16-15(10-19-21(16)11-12(2)3)18(24)20-14-7-5-13(6-8-14)9-17(22)23/h5-8,10,12H,4,9,11H2,1-3H3,(H,20,24)(H,22,23). The minimum Gasteiger partial charge on any atom is -0.481 e. The van der Waals surface area contributed by atoms with E-state index in [1.807, 2.05) is 11.6 Å². The van der Waals surface area contributed by atoms with Crippen LogP contribution in [0.15, 0.2) is 30.5 Å². The van der Waals surface area contributed by atoms with Crippen LogP contribution in [0, 0.1) is 5.92 Å². The lowest BCUT2D eigenvalue weighted by molar-refractivity contribution is -0.136. The molecular formula is C18H23N3O3. The van der Waals surface area contributed by atoms with E-state index in [-0.39, 0.29) is 12.3 Å². The molecule has 6 heteroatoms. The van der Waals surface area contributed by atoms with Crippen molar-refractivity contribution in [2.45, 2.75) is 40.2 Å². The molecule has 0 aliphatic rings. The molecule has 0 aliphatic carbocycles. The van der Waals surface area contributed by atoms with E-state index in [9.17, 15) is 9.59 Å². The summed E-state index contributed by atoms with van der Waals surface area (Å²) in [5, 5.41) is 15.9. The Morgan fingerprint density at radius 3 is 2.46 bits per heavy atom. The van der Waals surface area contributed by atoms with Gasteiger partial charge in [0.25, 0.3) is 5.91 Å². The average molecular weight is 329 g/mol. The lowest BCUT2D eigenvalue weighted by atomic mass is 10.1. The number of aromatic nitrogens is 2. The highest BCUT2D eigenvalue weighted by Gasteiger charge is 2.17. The van der Waals surface area contributed by atoms with E-state index >= 15 is 0 Å². The minimum absolute atomic E-state index is 0.0316. The Morgan fingerprint density at radius 2 is 1.92 bits per heavy atom. The van der Waals surface area contributed by atoms with Gasteiger partial charge in [-0.15, -0.1) is 0 Å². The average Bonchev–Trinajstić information content (AvgIpc) is 2.90. The van der Waals surface area contributed by atoms with Crippen molar-refractivity contribution in [3.8, 4) is 0 Å². The second-order valence-electron chi connectivity index (χ2n) is 6.16. The number of carbonyl (C=O) groups is 2. The maximum atomic E-state index is 12.5. The van der Waals surface area contributed by atoms with E-state index in [4.69, 9.17) is 5.11 Å². The Balaban J connectivity index is 2.12. The monoisotopic (exact) mass is 329 g/mol. The van der Waals surface area contributed by atoms with Gasteiger partial charge >= 0.3 is 5.97 Å². The summed E-state index contributed by atoms with van der Waals surface area (Å²) in [6.45, 7) is 7.00. The molecule has 0 radical (unpaired) electrons. The van der Waals surface area contributed by atoms with E-state index < -0.39 is 5.97 Å². The number of nitrogens with one attached hydrogen (secondary N) is 1. The molecule has 1 aromatic heterocycles. The number of anilines is 1. The highest BCUT2D eigenvalue weighted by Crippen LogP contribution is 2.16. The van der Waals surface area contributed by atoms with Gasteiger partial charge in [-0.1, -0.05) is 32.9 Å². The van der Waals surface area contributed by atoms with Crippen LogP contribution in [0.5, 0.6) is 0 Å². The minimum atomic E-state index is -0.878. The molecule has 1 heterocycles. The largest absolute Gasteiger partial charge is 0.481 e. The zero-order valence-corrected chi connectivity index (χ0v) is 14.2. The molecule has 2 rings (SSSR count). The molecule has 1 amide bonds. The van der Waals surface area contributed by atoms with Gasteiger partial charge < -0.3 is 10.4 Å². The summed E-state index contributed by atoms with van der Waals surface area (Å²) in [5.74, 6) is -0.627. The zero-order chi connectivity index (χ0) is 17.7. The molecule has 1 aromatic carbocycles. The summed E-state index contributed by atoms with van der Waals surface area (Å²) in [7, 11) is 0. The van der Waals surface area contributed by atoms with Crippen LogP contribution in [-0.2, 0) is 24.2 Å². The number of nitrogens with zero attached hydrogens (tertiary/aromatic N) is 2. The summed E-state index contributed by atoms with van der Waals surface area (Å²) in [6.07, 6.45) is 2.30. The van der Waals surface area contributed by atoms with Crippen LogP contribution in [0.25, 0.3) is 0 Å². The smallest absolute Gasteiger partial charge is 0.307 e. The van der Waals surface area contributed by atoms with Crippen LogP contribution in [0.3, 0.4) is 0 Å². The van der Waals surface area contributed by atoms with Gasteiger partial charge in [0.1, 0.15) is 0 Å². The number of amides is 1. The molecule has 0 atom stereocenters. The number of carboxylic acids is 1. The van der Waals surface area contributed by atoms with Gasteiger partial charge in [-0.25, -0.2) is 0 Å². The van der Waals surface area contributed by atoms with Crippen molar-refractivity contribution in [2.75, 3.05) is 5.32 Å². The van der Waals surface area contributed by atoms with Crippen molar-refractivity contribution in [3.63, 3.8) is 0 Å². The summed E-state index contributed by atoms with van der Waals surface area (Å²) in [4.78, 5) is 23.2. The second kappa shape index (κ2) is 7.77. The fourth-order valence-electron chi connectivity index (χ4n) is 2.56. The molecule has 0 unspecified atom stereocenters. The molecule has 0 aliphatic heterocycles. The topological polar surface area (TPSA) is 84.2 Å². The maximum Gasteiger partial charge on any atom is 0.307 e.